The summed E-state index contributed by atoms with van der Waals surface area (Å²) in [6.07, 6.45) is 7.32. The number of hydrogen-bond donors (Lipinski definition) is 2. The van der Waals surface area contributed by atoms with Gasteiger partial charge in [0.15, 0.2) is 0 Å². The molecule has 0 radical (unpaired) electrons. The Morgan fingerprint density at radius 1 is 1.22 bits per heavy atom. The fourth-order valence-electron chi connectivity index (χ4n) is 1.88. The van der Waals surface area contributed by atoms with E-state index in [2.05, 4.69) is 19.2 Å². The number of rotatable bonds is 10. The Morgan fingerprint density at radius 2 is 1.89 bits per heavy atom. The normalized spacial score (nSPS) is 16.1. The van der Waals surface area contributed by atoms with Crippen LogP contribution in [0.1, 0.15) is 72.6 Å². The summed E-state index contributed by atoms with van der Waals surface area (Å²) in [4.78, 5) is 12.0. The second-order valence-corrected chi connectivity index (χ2v) is 5.52. The van der Waals surface area contributed by atoms with Gasteiger partial charge in [-0.25, -0.2) is 0 Å². The molecule has 0 bridgehead atoms. The Balaban J connectivity index is 3.96. The first kappa shape index (κ1) is 17.4. The van der Waals surface area contributed by atoms with E-state index in [9.17, 15) is 9.90 Å². The van der Waals surface area contributed by atoms with Gasteiger partial charge < -0.3 is 10.4 Å². The molecule has 0 aliphatic carbocycles. The van der Waals surface area contributed by atoms with Crippen LogP contribution in [-0.4, -0.2) is 23.2 Å². The summed E-state index contributed by atoms with van der Waals surface area (Å²) in [6, 6.07) is 0. The fourth-order valence-corrected chi connectivity index (χ4v) is 1.88. The van der Waals surface area contributed by atoms with Crippen LogP contribution in [0.3, 0.4) is 0 Å². The standard InChI is InChI=1S/C15H31NO2/c1-5-8-9-10-11-13(6-2)14(17)16-12-15(4,18)7-3/h13,18H,5-12H2,1-4H3,(H,16,17). The predicted octanol–water partition coefficient (Wildman–Crippen LogP) is 3.26. The highest BCUT2D eigenvalue weighted by Crippen LogP contribution is 2.15. The van der Waals surface area contributed by atoms with Gasteiger partial charge in [-0.1, -0.05) is 46.5 Å². The van der Waals surface area contributed by atoms with E-state index in [1.165, 1.54) is 19.3 Å². The second kappa shape index (κ2) is 9.37. The van der Waals surface area contributed by atoms with Crippen LogP contribution >= 0.6 is 0 Å². The lowest BCUT2D eigenvalue weighted by Crippen LogP contribution is -2.42. The molecule has 2 atom stereocenters. The first-order valence-electron chi connectivity index (χ1n) is 7.46. The van der Waals surface area contributed by atoms with Crippen molar-refractivity contribution in [3.8, 4) is 0 Å². The monoisotopic (exact) mass is 257 g/mol. The highest BCUT2D eigenvalue weighted by molar-refractivity contribution is 5.78. The fraction of sp³-hybridized carbons (Fsp3) is 0.933. The average molecular weight is 257 g/mol. The van der Waals surface area contributed by atoms with Crippen LogP contribution in [0.15, 0.2) is 0 Å². The van der Waals surface area contributed by atoms with E-state index in [0.717, 1.165) is 19.3 Å². The largest absolute Gasteiger partial charge is 0.388 e. The third kappa shape index (κ3) is 7.70. The van der Waals surface area contributed by atoms with E-state index >= 15 is 0 Å². The van der Waals surface area contributed by atoms with Gasteiger partial charge in [-0.3, -0.25) is 4.79 Å². The number of amides is 1. The zero-order valence-corrected chi connectivity index (χ0v) is 12.6. The summed E-state index contributed by atoms with van der Waals surface area (Å²) < 4.78 is 0. The number of carbonyl (C=O) groups excluding carboxylic acids is 1. The topological polar surface area (TPSA) is 49.3 Å². The summed E-state index contributed by atoms with van der Waals surface area (Å²) in [5.74, 6) is 0.206. The maximum Gasteiger partial charge on any atom is 0.223 e. The molecule has 0 aromatic rings. The van der Waals surface area contributed by atoms with Crippen molar-refractivity contribution in [2.75, 3.05) is 6.54 Å². The first-order chi connectivity index (χ1) is 8.46. The van der Waals surface area contributed by atoms with E-state index < -0.39 is 5.60 Å². The van der Waals surface area contributed by atoms with E-state index in [1.54, 1.807) is 6.92 Å². The zero-order chi connectivity index (χ0) is 14.0. The molecule has 2 unspecified atom stereocenters. The van der Waals surface area contributed by atoms with Gasteiger partial charge in [-0.15, -0.1) is 0 Å². The van der Waals surface area contributed by atoms with Crippen LogP contribution in [0.4, 0.5) is 0 Å². The average Bonchev–Trinajstić information content (AvgIpc) is 2.36. The number of unbranched alkanes of at least 4 members (excludes halogenated alkanes) is 3. The van der Waals surface area contributed by atoms with Gasteiger partial charge in [0.05, 0.1) is 5.60 Å². The molecule has 0 aliphatic heterocycles. The maximum atomic E-state index is 12.0. The second-order valence-electron chi connectivity index (χ2n) is 5.52. The van der Waals surface area contributed by atoms with Crippen LogP contribution < -0.4 is 5.32 Å². The van der Waals surface area contributed by atoms with Crippen molar-refractivity contribution in [1.29, 1.82) is 0 Å². The lowest BCUT2D eigenvalue weighted by molar-refractivity contribution is -0.126. The minimum absolute atomic E-state index is 0.0997. The van der Waals surface area contributed by atoms with Crippen molar-refractivity contribution in [3.05, 3.63) is 0 Å². The molecule has 0 heterocycles. The molecule has 18 heavy (non-hydrogen) atoms. The highest BCUT2D eigenvalue weighted by Gasteiger charge is 2.21. The Morgan fingerprint density at radius 3 is 2.39 bits per heavy atom. The van der Waals surface area contributed by atoms with E-state index in [4.69, 9.17) is 0 Å². The van der Waals surface area contributed by atoms with Crippen molar-refractivity contribution < 1.29 is 9.90 Å². The van der Waals surface area contributed by atoms with Gasteiger partial charge in [0.1, 0.15) is 0 Å². The first-order valence-corrected chi connectivity index (χ1v) is 7.46. The van der Waals surface area contributed by atoms with Crippen LogP contribution in [0.2, 0.25) is 0 Å². The summed E-state index contributed by atoms with van der Waals surface area (Å²) in [6.45, 7) is 8.29. The lowest BCUT2D eigenvalue weighted by atomic mass is 9.96. The third-order valence-electron chi connectivity index (χ3n) is 3.67. The maximum absolute atomic E-state index is 12.0. The molecule has 0 spiro atoms. The minimum Gasteiger partial charge on any atom is -0.388 e. The molecule has 108 valence electrons. The van der Waals surface area contributed by atoms with Crippen LogP contribution in [0.25, 0.3) is 0 Å². The molecule has 3 heteroatoms. The molecule has 0 saturated carbocycles. The van der Waals surface area contributed by atoms with Gasteiger partial charge in [-0.05, 0) is 26.2 Å². The van der Waals surface area contributed by atoms with Crippen molar-refractivity contribution in [2.24, 2.45) is 5.92 Å². The SMILES string of the molecule is CCCCCCC(CC)C(=O)NCC(C)(O)CC. The third-order valence-corrected chi connectivity index (χ3v) is 3.67. The van der Waals surface area contributed by atoms with Crippen molar-refractivity contribution in [3.63, 3.8) is 0 Å². The number of carbonyl (C=O) groups is 1. The van der Waals surface area contributed by atoms with Gasteiger partial charge in [-0.2, -0.15) is 0 Å². The molecule has 2 N–H and O–H groups in total. The Bertz CT molecular complexity index is 227. The van der Waals surface area contributed by atoms with Gasteiger partial charge in [0.2, 0.25) is 5.91 Å². The number of hydrogen-bond acceptors (Lipinski definition) is 2. The van der Waals surface area contributed by atoms with Gasteiger partial charge in [0.25, 0.3) is 0 Å². The van der Waals surface area contributed by atoms with E-state index in [0.29, 0.717) is 13.0 Å². The molecular formula is C15H31NO2. The Kier molecular flexibility index (Phi) is 9.08. The Labute approximate surface area is 112 Å². The van der Waals surface area contributed by atoms with Gasteiger partial charge >= 0.3 is 0 Å². The van der Waals surface area contributed by atoms with Gasteiger partial charge in [0, 0.05) is 12.5 Å². The molecule has 0 fully saturated rings. The Hall–Kier alpha value is -0.570. The number of nitrogens with one attached hydrogen (secondary N) is 1. The van der Waals surface area contributed by atoms with Crippen molar-refractivity contribution in [2.45, 2.75) is 78.2 Å². The molecule has 0 saturated heterocycles. The lowest BCUT2D eigenvalue weighted by Gasteiger charge is -2.23. The van der Waals surface area contributed by atoms with Crippen molar-refractivity contribution in [1.82, 2.24) is 5.32 Å². The van der Waals surface area contributed by atoms with Crippen LogP contribution in [0, 0.1) is 5.92 Å². The number of aliphatic hydroxyl groups is 1. The molecule has 3 nitrogen and oxygen atoms in total. The van der Waals surface area contributed by atoms with E-state index in [1.807, 2.05) is 6.92 Å². The van der Waals surface area contributed by atoms with Crippen LogP contribution in [0.5, 0.6) is 0 Å². The molecule has 0 aliphatic rings. The smallest absolute Gasteiger partial charge is 0.223 e. The van der Waals surface area contributed by atoms with E-state index in [-0.39, 0.29) is 11.8 Å². The summed E-state index contributed by atoms with van der Waals surface area (Å²) in [7, 11) is 0. The quantitative estimate of drug-likeness (QED) is 0.590. The predicted molar refractivity (Wildman–Crippen MR) is 76.5 cm³/mol. The summed E-state index contributed by atoms with van der Waals surface area (Å²) in [5.41, 5.74) is -0.782. The molecule has 0 aromatic carbocycles. The molecule has 0 rings (SSSR count). The zero-order valence-electron chi connectivity index (χ0n) is 12.6. The minimum atomic E-state index is -0.782. The van der Waals surface area contributed by atoms with Crippen molar-refractivity contribution >= 4 is 5.91 Å². The molecule has 0 aromatic heterocycles. The van der Waals surface area contributed by atoms with Crippen LogP contribution in [-0.2, 0) is 4.79 Å². The summed E-state index contributed by atoms with van der Waals surface area (Å²) in [5, 5.41) is 12.7. The molecular weight excluding hydrogens is 226 g/mol. The summed E-state index contributed by atoms with van der Waals surface area (Å²) >= 11 is 0. The highest BCUT2D eigenvalue weighted by atomic mass is 16.3. The molecule has 1 amide bonds.